The van der Waals surface area contributed by atoms with Gasteiger partial charge in [-0.05, 0) is 43.9 Å². The molecule has 2 aromatic rings. The number of pyridine rings is 1. The summed E-state index contributed by atoms with van der Waals surface area (Å²) < 4.78 is 5.56. The summed E-state index contributed by atoms with van der Waals surface area (Å²) in [7, 11) is 0. The minimum absolute atomic E-state index is 0.111. The first-order valence-corrected chi connectivity index (χ1v) is 8.05. The second kappa shape index (κ2) is 6.91. The third kappa shape index (κ3) is 3.27. The van der Waals surface area contributed by atoms with Crippen molar-refractivity contribution < 1.29 is 9.66 Å². The van der Waals surface area contributed by atoms with Crippen molar-refractivity contribution in [1.29, 1.82) is 0 Å². The van der Waals surface area contributed by atoms with Crippen LogP contribution in [0.3, 0.4) is 0 Å². The third-order valence-corrected chi connectivity index (χ3v) is 4.34. The van der Waals surface area contributed by atoms with Crippen molar-refractivity contribution in [3.63, 3.8) is 0 Å². The van der Waals surface area contributed by atoms with Crippen LogP contribution >= 0.6 is 0 Å². The number of rotatable bonds is 5. The molecule has 0 radical (unpaired) electrons. The Morgan fingerprint density at radius 3 is 3.09 bits per heavy atom. The zero-order valence-corrected chi connectivity index (χ0v) is 13.3. The van der Waals surface area contributed by atoms with Crippen LogP contribution in [0.25, 0.3) is 10.9 Å². The third-order valence-electron chi connectivity index (χ3n) is 4.34. The van der Waals surface area contributed by atoms with Gasteiger partial charge in [-0.25, -0.2) is 0 Å². The molecule has 1 fully saturated rings. The first-order valence-electron chi connectivity index (χ1n) is 8.05. The number of nitro groups is 1. The van der Waals surface area contributed by atoms with Gasteiger partial charge in [-0.15, -0.1) is 0 Å². The van der Waals surface area contributed by atoms with Crippen LogP contribution in [0.15, 0.2) is 30.5 Å². The summed E-state index contributed by atoms with van der Waals surface area (Å²) in [5, 5.41) is 11.8. The molecular weight excluding hydrogens is 294 g/mol. The van der Waals surface area contributed by atoms with E-state index in [-0.39, 0.29) is 10.6 Å². The molecule has 1 aliphatic rings. The Morgan fingerprint density at radius 2 is 2.30 bits per heavy atom. The molecule has 0 N–H and O–H groups in total. The molecule has 6 heteroatoms. The number of aromatic nitrogens is 1. The van der Waals surface area contributed by atoms with E-state index in [0.29, 0.717) is 16.8 Å². The minimum Gasteiger partial charge on any atom is -0.381 e. The predicted molar refractivity (Wildman–Crippen MR) is 89.8 cm³/mol. The highest BCUT2D eigenvalue weighted by Crippen LogP contribution is 2.34. The lowest BCUT2D eigenvalue weighted by atomic mass is 9.98. The summed E-state index contributed by atoms with van der Waals surface area (Å²) in [6, 6.07) is 6.93. The molecule has 3 rings (SSSR count). The average Bonchev–Trinajstić information content (AvgIpc) is 2.59. The Bertz CT molecular complexity index is 705. The molecule has 2 heterocycles. The molecule has 1 aromatic heterocycles. The van der Waals surface area contributed by atoms with Crippen LogP contribution in [0, 0.1) is 16.0 Å². The van der Waals surface area contributed by atoms with E-state index in [1.54, 1.807) is 24.4 Å². The average molecular weight is 315 g/mol. The Kier molecular flexibility index (Phi) is 4.71. The lowest BCUT2D eigenvalue weighted by Crippen LogP contribution is -2.37. The van der Waals surface area contributed by atoms with Crippen molar-refractivity contribution in [2.75, 3.05) is 31.2 Å². The summed E-state index contributed by atoms with van der Waals surface area (Å²) in [6.45, 7) is 5.37. The fourth-order valence-corrected chi connectivity index (χ4v) is 3.26. The van der Waals surface area contributed by atoms with Crippen LogP contribution < -0.4 is 4.90 Å². The van der Waals surface area contributed by atoms with E-state index in [9.17, 15) is 10.1 Å². The van der Waals surface area contributed by atoms with Crippen LogP contribution in [0.2, 0.25) is 0 Å². The monoisotopic (exact) mass is 315 g/mol. The highest BCUT2D eigenvalue weighted by Gasteiger charge is 2.24. The largest absolute Gasteiger partial charge is 0.381 e. The molecule has 1 saturated heterocycles. The minimum atomic E-state index is -0.345. The van der Waals surface area contributed by atoms with Gasteiger partial charge in [0, 0.05) is 32.0 Å². The molecule has 1 unspecified atom stereocenters. The van der Waals surface area contributed by atoms with E-state index in [0.717, 1.165) is 44.8 Å². The number of hydrogen-bond donors (Lipinski definition) is 0. The number of piperidine rings is 1. The van der Waals surface area contributed by atoms with E-state index >= 15 is 0 Å². The smallest absolute Gasteiger partial charge is 0.278 e. The van der Waals surface area contributed by atoms with Gasteiger partial charge in [0.1, 0.15) is 5.52 Å². The molecule has 0 aliphatic carbocycles. The maximum atomic E-state index is 11.2. The van der Waals surface area contributed by atoms with E-state index in [1.807, 2.05) is 13.0 Å². The molecule has 122 valence electrons. The van der Waals surface area contributed by atoms with Crippen molar-refractivity contribution in [2.45, 2.75) is 19.8 Å². The van der Waals surface area contributed by atoms with Crippen molar-refractivity contribution >= 4 is 22.3 Å². The van der Waals surface area contributed by atoms with Crippen molar-refractivity contribution in [3.8, 4) is 0 Å². The summed E-state index contributed by atoms with van der Waals surface area (Å²) >= 11 is 0. The first kappa shape index (κ1) is 15.7. The summed E-state index contributed by atoms with van der Waals surface area (Å²) in [5.74, 6) is 0.498. The van der Waals surface area contributed by atoms with Gasteiger partial charge >= 0.3 is 0 Å². The molecule has 0 saturated carbocycles. The number of benzene rings is 1. The number of hydrogen-bond acceptors (Lipinski definition) is 5. The van der Waals surface area contributed by atoms with E-state index in [4.69, 9.17) is 4.74 Å². The van der Waals surface area contributed by atoms with Crippen LogP contribution in [0.5, 0.6) is 0 Å². The highest BCUT2D eigenvalue weighted by atomic mass is 16.6. The number of fused-ring (bicyclic) bond motifs is 1. The van der Waals surface area contributed by atoms with E-state index in [2.05, 4.69) is 9.88 Å². The molecule has 1 atom stereocenters. The summed E-state index contributed by atoms with van der Waals surface area (Å²) in [6.07, 6.45) is 3.95. The second-order valence-corrected chi connectivity index (χ2v) is 5.87. The highest BCUT2D eigenvalue weighted by molar-refractivity contribution is 5.97. The first-order chi connectivity index (χ1) is 11.2. The maximum Gasteiger partial charge on any atom is 0.278 e. The van der Waals surface area contributed by atoms with Gasteiger partial charge in [-0.1, -0.05) is 0 Å². The molecule has 0 spiro atoms. The standard InChI is InChI=1S/C17H21N3O3/c1-2-23-12-13-5-4-10-19(11-13)16-8-7-15(20(21)22)14-6-3-9-18-17(14)16/h3,6-9,13H,2,4-5,10-12H2,1H3. The predicted octanol–water partition coefficient (Wildman–Crippen LogP) is 3.40. The zero-order chi connectivity index (χ0) is 16.2. The molecular formula is C17H21N3O3. The number of anilines is 1. The van der Waals surface area contributed by atoms with Gasteiger partial charge in [0.25, 0.3) is 5.69 Å². The Morgan fingerprint density at radius 1 is 1.43 bits per heavy atom. The van der Waals surface area contributed by atoms with Crippen molar-refractivity contribution in [3.05, 3.63) is 40.6 Å². The van der Waals surface area contributed by atoms with Crippen LogP contribution in [-0.4, -0.2) is 36.2 Å². The van der Waals surface area contributed by atoms with Crippen molar-refractivity contribution in [2.24, 2.45) is 5.92 Å². The second-order valence-electron chi connectivity index (χ2n) is 5.87. The van der Waals surface area contributed by atoms with E-state index < -0.39 is 0 Å². The molecule has 23 heavy (non-hydrogen) atoms. The number of nitrogens with zero attached hydrogens (tertiary/aromatic N) is 3. The molecule has 0 amide bonds. The van der Waals surface area contributed by atoms with Crippen LogP contribution in [0.1, 0.15) is 19.8 Å². The van der Waals surface area contributed by atoms with Crippen LogP contribution in [-0.2, 0) is 4.74 Å². The Balaban J connectivity index is 1.93. The number of nitro benzene ring substituents is 1. The quantitative estimate of drug-likeness (QED) is 0.625. The van der Waals surface area contributed by atoms with Gasteiger partial charge in [0.15, 0.2) is 0 Å². The summed E-state index contributed by atoms with van der Waals surface area (Å²) in [5.41, 5.74) is 1.80. The van der Waals surface area contributed by atoms with Gasteiger partial charge < -0.3 is 9.64 Å². The topological polar surface area (TPSA) is 68.5 Å². The number of ether oxygens (including phenoxy) is 1. The van der Waals surface area contributed by atoms with Gasteiger partial charge in [-0.3, -0.25) is 15.1 Å². The zero-order valence-electron chi connectivity index (χ0n) is 13.3. The SMILES string of the molecule is CCOCC1CCCN(c2ccc([N+](=O)[O-])c3cccnc23)C1. The lowest BCUT2D eigenvalue weighted by molar-refractivity contribution is -0.383. The fraction of sp³-hybridized carbons (Fsp3) is 0.471. The van der Waals surface area contributed by atoms with Crippen molar-refractivity contribution in [1.82, 2.24) is 4.98 Å². The molecule has 1 aliphatic heterocycles. The van der Waals surface area contributed by atoms with Gasteiger partial charge in [0.05, 0.1) is 22.6 Å². The van der Waals surface area contributed by atoms with E-state index in [1.165, 1.54) is 0 Å². The summed E-state index contributed by atoms with van der Waals surface area (Å²) in [4.78, 5) is 17.6. The van der Waals surface area contributed by atoms with Gasteiger partial charge in [-0.2, -0.15) is 0 Å². The normalized spacial score (nSPS) is 18.3. The Hall–Kier alpha value is -2.21. The number of non-ortho nitro benzene ring substituents is 1. The Labute approximate surface area is 135 Å². The fourth-order valence-electron chi connectivity index (χ4n) is 3.26. The van der Waals surface area contributed by atoms with Gasteiger partial charge in [0.2, 0.25) is 0 Å². The molecule has 0 bridgehead atoms. The molecule has 1 aromatic carbocycles. The lowest BCUT2D eigenvalue weighted by Gasteiger charge is -2.34. The molecule has 6 nitrogen and oxygen atoms in total. The maximum absolute atomic E-state index is 11.2. The van der Waals surface area contributed by atoms with Crippen LogP contribution in [0.4, 0.5) is 11.4 Å².